The van der Waals surface area contributed by atoms with Gasteiger partial charge < -0.3 is 5.11 Å². The van der Waals surface area contributed by atoms with Gasteiger partial charge in [0.25, 0.3) is 0 Å². The van der Waals surface area contributed by atoms with Gasteiger partial charge in [0.15, 0.2) is 0 Å². The van der Waals surface area contributed by atoms with E-state index in [1.165, 1.54) is 11.1 Å². The van der Waals surface area contributed by atoms with Crippen molar-refractivity contribution in [1.29, 1.82) is 0 Å². The standard InChI is InChI=1S/C12H14O2/c1-8-3-2-4-9(5-8)6-10-7-11(10)12(13)14/h2-5,10-11H,6-7H2,1H3,(H,13,14). The molecule has 0 saturated heterocycles. The largest absolute Gasteiger partial charge is 0.481 e. The van der Waals surface area contributed by atoms with Crippen LogP contribution in [0, 0.1) is 18.8 Å². The van der Waals surface area contributed by atoms with E-state index in [1.807, 2.05) is 6.07 Å². The Morgan fingerprint density at radius 3 is 2.93 bits per heavy atom. The van der Waals surface area contributed by atoms with Gasteiger partial charge in [-0.1, -0.05) is 29.8 Å². The molecular weight excluding hydrogens is 176 g/mol. The second-order valence-corrected chi connectivity index (χ2v) is 4.13. The normalized spacial score (nSPS) is 24.6. The molecule has 1 aliphatic carbocycles. The molecule has 1 aromatic rings. The average molecular weight is 190 g/mol. The third kappa shape index (κ3) is 1.95. The Hall–Kier alpha value is -1.31. The van der Waals surface area contributed by atoms with Crippen LogP contribution in [0.1, 0.15) is 17.5 Å². The van der Waals surface area contributed by atoms with Gasteiger partial charge in [0.1, 0.15) is 0 Å². The number of aryl methyl sites for hydroxylation is 1. The fourth-order valence-corrected chi connectivity index (χ4v) is 1.92. The van der Waals surface area contributed by atoms with Gasteiger partial charge in [0.2, 0.25) is 0 Å². The smallest absolute Gasteiger partial charge is 0.306 e. The Balaban J connectivity index is 1.97. The lowest BCUT2D eigenvalue weighted by atomic mass is 10.1. The first-order valence-electron chi connectivity index (χ1n) is 4.95. The van der Waals surface area contributed by atoms with Crippen LogP contribution in [0.5, 0.6) is 0 Å². The summed E-state index contributed by atoms with van der Waals surface area (Å²) in [5, 5.41) is 8.76. The van der Waals surface area contributed by atoms with Crippen LogP contribution in [0.2, 0.25) is 0 Å². The molecule has 74 valence electrons. The molecule has 1 saturated carbocycles. The van der Waals surface area contributed by atoms with Crippen LogP contribution >= 0.6 is 0 Å². The maximum atomic E-state index is 10.6. The van der Waals surface area contributed by atoms with Crippen LogP contribution in [0.4, 0.5) is 0 Å². The first kappa shape index (κ1) is 9.25. The lowest BCUT2D eigenvalue weighted by molar-refractivity contribution is -0.138. The number of benzene rings is 1. The number of carboxylic acids is 1. The van der Waals surface area contributed by atoms with Crippen LogP contribution in [0.3, 0.4) is 0 Å². The Morgan fingerprint density at radius 2 is 2.36 bits per heavy atom. The number of hydrogen-bond acceptors (Lipinski definition) is 1. The topological polar surface area (TPSA) is 37.3 Å². The van der Waals surface area contributed by atoms with Gasteiger partial charge in [-0.25, -0.2) is 0 Å². The van der Waals surface area contributed by atoms with Crippen molar-refractivity contribution in [2.45, 2.75) is 19.8 Å². The number of hydrogen-bond donors (Lipinski definition) is 1. The summed E-state index contributed by atoms with van der Waals surface area (Å²) in [7, 11) is 0. The molecule has 1 aromatic carbocycles. The number of aliphatic carboxylic acids is 1. The zero-order valence-corrected chi connectivity index (χ0v) is 8.23. The molecule has 2 unspecified atom stereocenters. The van der Waals surface area contributed by atoms with E-state index >= 15 is 0 Å². The zero-order valence-electron chi connectivity index (χ0n) is 8.23. The van der Waals surface area contributed by atoms with Crippen molar-refractivity contribution in [2.24, 2.45) is 11.8 Å². The second-order valence-electron chi connectivity index (χ2n) is 4.13. The third-order valence-electron chi connectivity index (χ3n) is 2.82. The molecule has 1 aliphatic rings. The highest BCUT2D eigenvalue weighted by atomic mass is 16.4. The SMILES string of the molecule is Cc1cccc(CC2CC2C(=O)O)c1. The molecule has 1 N–H and O–H groups in total. The molecule has 2 atom stereocenters. The maximum Gasteiger partial charge on any atom is 0.306 e. The van der Waals surface area contributed by atoms with E-state index in [2.05, 4.69) is 25.1 Å². The van der Waals surface area contributed by atoms with Crippen LogP contribution in [-0.2, 0) is 11.2 Å². The van der Waals surface area contributed by atoms with E-state index in [4.69, 9.17) is 5.11 Å². The predicted octanol–water partition coefficient (Wildman–Crippen LogP) is 2.26. The van der Waals surface area contributed by atoms with E-state index in [-0.39, 0.29) is 5.92 Å². The van der Waals surface area contributed by atoms with E-state index in [0.717, 1.165) is 12.8 Å². The Bertz CT molecular complexity index is 357. The van der Waals surface area contributed by atoms with Gasteiger partial charge >= 0.3 is 5.97 Å². The summed E-state index contributed by atoms with van der Waals surface area (Å²) in [5.41, 5.74) is 2.51. The first-order valence-corrected chi connectivity index (χ1v) is 4.95. The van der Waals surface area contributed by atoms with Crippen LogP contribution in [-0.4, -0.2) is 11.1 Å². The Labute approximate surface area is 83.6 Å². The maximum absolute atomic E-state index is 10.6. The molecule has 0 heterocycles. The minimum absolute atomic E-state index is 0.0875. The molecule has 14 heavy (non-hydrogen) atoms. The van der Waals surface area contributed by atoms with E-state index in [1.54, 1.807) is 0 Å². The van der Waals surface area contributed by atoms with Gasteiger partial charge in [0.05, 0.1) is 5.92 Å². The van der Waals surface area contributed by atoms with Gasteiger partial charge in [-0.05, 0) is 31.2 Å². The highest BCUT2D eigenvalue weighted by molar-refractivity contribution is 5.73. The van der Waals surface area contributed by atoms with Gasteiger partial charge in [-0.2, -0.15) is 0 Å². The molecule has 0 spiro atoms. The highest BCUT2D eigenvalue weighted by Crippen LogP contribution is 2.41. The molecule has 1 fully saturated rings. The summed E-state index contributed by atoms with van der Waals surface area (Å²) >= 11 is 0. The second kappa shape index (κ2) is 3.45. The van der Waals surface area contributed by atoms with Crippen molar-refractivity contribution in [3.8, 4) is 0 Å². The molecule has 2 heteroatoms. The minimum Gasteiger partial charge on any atom is -0.481 e. The molecule has 0 aromatic heterocycles. The highest BCUT2D eigenvalue weighted by Gasteiger charge is 2.42. The van der Waals surface area contributed by atoms with Crippen molar-refractivity contribution in [1.82, 2.24) is 0 Å². The Kier molecular flexibility index (Phi) is 2.28. The van der Waals surface area contributed by atoms with Crippen molar-refractivity contribution in [3.63, 3.8) is 0 Å². The lowest BCUT2D eigenvalue weighted by Gasteiger charge is -2.00. The molecule has 2 nitrogen and oxygen atoms in total. The number of carbonyl (C=O) groups is 1. The molecule has 0 aliphatic heterocycles. The first-order chi connectivity index (χ1) is 6.66. The van der Waals surface area contributed by atoms with Crippen molar-refractivity contribution in [2.75, 3.05) is 0 Å². The quantitative estimate of drug-likeness (QED) is 0.793. The third-order valence-corrected chi connectivity index (χ3v) is 2.82. The van der Waals surface area contributed by atoms with Gasteiger partial charge in [-0.15, -0.1) is 0 Å². The summed E-state index contributed by atoms with van der Waals surface area (Å²) < 4.78 is 0. The lowest BCUT2D eigenvalue weighted by Crippen LogP contribution is -2.01. The monoisotopic (exact) mass is 190 g/mol. The number of carboxylic acid groups (broad SMARTS) is 1. The fraction of sp³-hybridized carbons (Fsp3) is 0.417. The molecule has 0 bridgehead atoms. The molecule has 2 rings (SSSR count). The summed E-state index contributed by atoms with van der Waals surface area (Å²) in [6, 6.07) is 8.30. The molecular formula is C12H14O2. The summed E-state index contributed by atoms with van der Waals surface area (Å²) in [5.74, 6) is -0.354. The summed E-state index contributed by atoms with van der Waals surface area (Å²) in [6.07, 6.45) is 1.77. The van der Waals surface area contributed by atoms with Crippen LogP contribution in [0.15, 0.2) is 24.3 Å². The van der Waals surface area contributed by atoms with Crippen molar-refractivity contribution < 1.29 is 9.90 Å². The predicted molar refractivity (Wildman–Crippen MR) is 54.1 cm³/mol. The fourth-order valence-electron chi connectivity index (χ4n) is 1.92. The summed E-state index contributed by atoms with van der Waals surface area (Å²) in [4.78, 5) is 10.6. The molecule has 0 radical (unpaired) electrons. The van der Waals surface area contributed by atoms with E-state index in [0.29, 0.717) is 5.92 Å². The summed E-state index contributed by atoms with van der Waals surface area (Å²) in [6.45, 7) is 2.06. The number of rotatable bonds is 3. The van der Waals surface area contributed by atoms with E-state index < -0.39 is 5.97 Å². The van der Waals surface area contributed by atoms with Crippen molar-refractivity contribution in [3.05, 3.63) is 35.4 Å². The molecule has 0 amide bonds. The van der Waals surface area contributed by atoms with Gasteiger partial charge in [0, 0.05) is 0 Å². The van der Waals surface area contributed by atoms with E-state index in [9.17, 15) is 4.79 Å². The van der Waals surface area contributed by atoms with Crippen LogP contribution in [0.25, 0.3) is 0 Å². The average Bonchev–Trinajstić information content (AvgIpc) is 2.84. The Morgan fingerprint density at radius 1 is 1.57 bits per heavy atom. The minimum atomic E-state index is -0.636. The zero-order chi connectivity index (χ0) is 10.1. The van der Waals surface area contributed by atoms with Crippen LogP contribution < -0.4 is 0 Å². The van der Waals surface area contributed by atoms with Gasteiger partial charge in [-0.3, -0.25) is 4.79 Å². The van der Waals surface area contributed by atoms with Crippen molar-refractivity contribution >= 4 is 5.97 Å².